The van der Waals surface area contributed by atoms with Crippen molar-refractivity contribution in [2.45, 2.75) is 20.3 Å². The Morgan fingerprint density at radius 1 is 1.21 bits per heavy atom. The van der Waals surface area contributed by atoms with Gasteiger partial charge in [-0.05, 0) is 55.3 Å². The van der Waals surface area contributed by atoms with Crippen molar-refractivity contribution in [3.63, 3.8) is 0 Å². The van der Waals surface area contributed by atoms with Gasteiger partial charge in [0.05, 0.1) is 0 Å². The molecule has 0 fully saturated rings. The van der Waals surface area contributed by atoms with Crippen LogP contribution in [0.15, 0.2) is 48.6 Å². The highest BCUT2D eigenvalue weighted by Gasteiger charge is 2.03. The second-order valence-electron chi connectivity index (χ2n) is 4.17. The van der Waals surface area contributed by atoms with Crippen LogP contribution in [0.2, 0.25) is 0 Å². The summed E-state index contributed by atoms with van der Waals surface area (Å²) in [6.07, 6.45) is 4.06. The third-order valence-electron chi connectivity index (χ3n) is 2.59. The molecule has 2 aromatic rings. The van der Waals surface area contributed by atoms with E-state index in [9.17, 15) is 4.79 Å². The molecule has 3 heteroatoms. The number of carbonyl (C=O) groups excluding carboxylic acids is 1. The number of esters is 1. The lowest BCUT2D eigenvalue weighted by molar-refractivity contribution is -0.129. The zero-order valence-corrected chi connectivity index (χ0v) is 11.9. The van der Waals surface area contributed by atoms with Gasteiger partial charge >= 0.3 is 5.97 Å². The van der Waals surface area contributed by atoms with E-state index in [0.717, 1.165) is 12.0 Å². The minimum Gasteiger partial charge on any atom is -0.423 e. The number of thiophene rings is 1. The van der Waals surface area contributed by atoms with Gasteiger partial charge in [0.15, 0.2) is 0 Å². The molecule has 2 rings (SSSR count). The van der Waals surface area contributed by atoms with Crippen LogP contribution in [0, 0.1) is 6.92 Å². The van der Waals surface area contributed by atoms with Crippen LogP contribution in [-0.4, -0.2) is 5.97 Å². The van der Waals surface area contributed by atoms with E-state index in [2.05, 4.69) is 19.1 Å². The minimum absolute atomic E-state index is 0.332. The minimum atomic E-state index is -0.332. The van der Waals surface area contributed by atoms with Gasteiger partial charge in [0, 0.05) is 15.8 Å². The average molecular weight is 272 g/mol. The number of ether oxygens (including phenoxy) is 1. The second kappa shape index (κ2) is 6.34. The molecule has 0 amide bonds. The van der Waals surface area contributed by atoms with Gasteiger partial charge in [0.25, 0.3) is 0 Å². The molecule has 2 nitrogen and oxygen atoms in total. The molecule has 19 heavy (non-hydrogen) atoms. The van der Waals surface area contributed by atoms with Gasteiger partial charge in [-0.25, -0.2) is 4.79 Å². The fourth-order valence-corrected chi connectivity index (χ4v) is 2.51. The van der Waals surface area contributed by atoms with Crippen molar-refractivity contribution >= 4 is 17.3 Å². The van der Waals surface area contributed by atoms with E-state index in [1.165, 1.54) is 15.8 Å². The molecule has 1 aromatic carbocycles. The van der Waals surface area contributed by atoms with Crippen LogP contribution < -0.4 is 4.74 Å². The Balaban J connectivity index is 2.06. The lowest BCUT2D eigenvalue weighted by Crippen LogP contribution is -2.03. The van der Waals surface area contributed by atoms with Crippen molar-refractivity contribution in [1.82, 2.24) is 0 Å². The fourth-order valence-electron chi connectivity index (χ4n) is 1.64. The Hall–Kier alpha value is -1.87. The summed E-state index contributed by atoms with van der Waals surface area (Å²) >= 11 is 1.75. The van der Waals surface area contributed by atoms with Crippen molar-refractivity contribution in [2.24, 2.45) is 0 Å². The first-order valence-electron chi connectivity index (χ1n) is 6.24. The molecule has 0 bridgehead atoms. The quantitative estimate of drug-likeness (QED) is 0.462. The number of hydrogen-bond acceptors (Lipinski definition) is 3. The van der Waals surface area contributed by atoms with Crippen molar-refractivity contribution in [3.8, 4) is 16.2 Å². The molecule has 1 heterocycles. The first-order chi connectivity index (χ1) is 9.19. The molecule has 0 saturated carbocycles. The fraction of sp³-hybridized carbons (Fsp3) is 0.188. The van der Waals surface area contributed by atoms with Crippen LogP contribution in [0.1, 0.15) is 18.2 Å². The predicted octanol–water partition coefficient (Wildman–Crippen LogP) is 4.60. The molecule has 0 radical (unpaired) electrons. The van der Waals surface area contributed by atoms with Gasteiger partial charge in [-0.15, -0.1) is 11.3 Å². The summed E-state index contributed by atoms with van der Waals surface area (Å²) in [7, 11) is 0. The summed E-state index contributed by atoms with van der Waals surface area (Å²) in [6, 6.07) is 11.8. The van der Waals surface area contributed by atoms with Crippen molar-refractivity contribution in [2.75, 3.05) is 0 Å². The Bertz CT molecular complexity index is 579. The molecular formula is C16H16O2S. The maximum atomic E-state index is 11.4. The van der Waals surface area contributed by atoms with Gasteiger partial charge in [-0.3, -0.25) is 0 Å². The van der Waals surface area contributed by atoms with E-state index in [1.807, 2.05) is 31.2 Å². The molecule has 0 saturated heterocycles. The maximum absolute atomic E-state index is 11.4. The van der Waals surface area contributed by atoms with Crippen LogP contribution in [0.25, 0.3) is 10.4 Å². The van der Waals surface area contributed by atoms with E-state index in [1.54, 1.807) is 17.4 Å². The van der Waals surface area contributed by atoms with Gasteiger partial charge in [0.2, 0.25) is 0 Å². The van der Waals surface area contributed by atoms with Crippen LogP contribution in [0.5, 0.6) is 5.75 Å². The lowest BCUT2D eigenvalue weighted by Gasteiger charge is -2.02. The largest absolute Gasteiger partial charge is 0.423 e. The molecule has 0 aliphatic carbocycles. The van der Waals surface area contributed by atoms with E-state index >= 15 is 0 Å². The zero-order valence-electron chi connectivity index (χ0n) is 11.1. The normalized spacial score (nSPS) is 10.8. The Morgan fingerprint density at radius 3 is 2.53 bits per heavy atom. The number of rotatable bonds is 4. The number of benzene rings is 1. The second-order valence-corrected chi connectivity index (χ2v) is 5.45. The smallest absolute Gasteiger partial charge is 0.335 e. The zero-order chi connectivity index (χ0) is 13.7. The highest BCUT2D eigenvalue weighted by molar-refractivity contribution is 7.15. The van der Waals surface area contributed by atoms with E-state index in [4.69, 9.17) is 4.74 Å². The predicted molar refractivity (Wildman–Crippen MR) is 79.6 cm³/mol. The topological polar surface area (TPSA) is 26.3 Å². The first kappa shape index (κ1) is 13.6. The maximum Gasteiger partial charge on any atom is 0.335 e. The van der Waals surface area contributed by atoms with E-state index in [-0.39, 0.29) is 5.97 Å². The van der Waals surface area contributed by atoms with Gasteiger partial charge < -0.3 is 4.74 Å². The van der Waals surface area contributed by atoms with Crippen LogP contribution in [0.3, 0.4) is 0 Å². The molecule has 0 aliphatic rings. The van der Waals surface area contributed by atoms with Crippen LogP contribution >= 0.6 is 11.3 Å². The lowest BCUT2D eigenvalue weighted by atomic mass is 10.2. The first-order valence-corrected chi connectivity index (χ1v) is 7.06. The number of carbonyl (C=O) groups is 1. The van der Waals surface area contributed by atoms with Crippen molar-refractivity contribution in [1.29, 1.82) is 0 Å². The highest BCUT2D eigenvalue weighted by atomic mass is 32.1. The molecule has 98 valence electrons. The molecule has 0 spiro atoms. The summed E-state index contributed by atoms with van der Waals surface area (Å²) in [5.41, 5.74) is 1.14. The summed E-state index contributed by atoms with van der Waals surface area (Å²) in [5, 5.41) is 0. The van der Waals surface area contributed by atoms with Gasteiger partial charge in [0.1, 0.15) is 5.75 Å². The van der Waals surface area contributed by atoms with Crippen molar-refractivity contribution < 1.29 is 9.53 Å². The summed E-state index contributed by atoms with van der Waals surface area (Å²) in [4.78, 5) is 13.9. The monoisotopic (exact) mass is 272 g/mol. The third kappa shape index (κ3) is 3.80. The summed E-state index contributed by atoms with van der Waals surface area (Å²) in [5.74, 6) is 0.240. The summed E-state index contributed by atoms with van der Waals surface area (Å²) in [6.45, 7) is 4.06. The number of allylic oxidation sites excluding steroid dienone is 1. The standard InChI is InChI=1S/C16H16O2S/c1-3-4-5-16(17)18-14-9-7-13(8-10-14)15-11-6-12(2)19-15/h4-11H,3H2,1-2H3. The molecule has 0 N–H and O–H groups in total. The highest BCUT2D eigenvalue weighted by Crippen LogP contribution is 2.28. The SMILES string of the molecule is CCC=CC(=O)Oc1ccc(-c2ccc(C)s2)cc1. The van der Waals surface area contributed by atoms with Gasteiger partial charge in [-0.1, -0.05) is 13.0 Å². The Labute approximate surface area is 117 Å². The van der Waals surface area contributed by atoms with E-state index < -0.39 is 0 Å². The Morgan fingerprint density at radius 2 is 1.95 bits per heavy atom. The average Bonchev–Trinajstić information content (AvgIpc) is 2.84. The summed E-state index contributed by atoms with van der Waals surface area (Å²) < 4.78 is 5.19. The number of hydrogen-bond donors (Lipinski definition) is 0. The van der Waals surface area contributed by atoms with Gasteiger partial charge in [-0.2, -0.15) is 0 Å². The molecule has 0 atom stereocenters. The van der Waals surface area contributed by atoms with E-state index in [0.29, 0.717) is 5.75 Å². The molecular weight excluding hydrogens is 256 g/mol. The van der Waals surface area contributed by atoms with Crippen LogP contribution in [0.4, 0.5) is 0 Å². The number of aryl methyl sites for hydroxylation is 1. The Kier molecular flexibility index (Phi) is 4.53. The third-order valence-corrected chi connectivity index (χ3v) is 3.64. The molecule has 0 aliphatic heterocycles. The molecule has 1 aromatic heterocycles. The van der Waals surface area contributed by atoms with Crippen LogP contribution in [-0.2, 0) is 4.79 Å². The van der Waals surface area contributed by atoms with Crippen molar-refractivity contribution in [3.05, 3.63) is 53.4 Å². The molecule has 0 unspecified atom stereocenters.